The molecule has 130 valence electrons. The molecule has 7 nitrogen and oxygen atoms in total. The number of likely N-dealkylation sites (N-methyl/N-ethyl adjacent to an activating group) is 1. The van der Waals surface area contributed by atoms with Crippen molar-refractivity contribution >= 4 is 23.3 Å². The zero-order chi connectivity index (χ0) is 17.4. The molecule has 2 aromatic rings. The summed E-state index contributed by atoms with van der Waals surface area (Å²) in [4.78, 5) is 29.0. The van der Waals surface area contributed by atoms with Crippen molar-refractivity contribution in [3.8, 4) is 0 Å². The van der Waals surface area contributed by atoms with Crippen LogP contribution in [0.1, 0.15) is 22.0 Å². The molecule has 2 amide bonds. The first-order valence-corrected chi connectivity index (χ1v) is 8.96. The van der Waals surface area contributed by atoms with Gasteiger partial charge in [0.15, 0.2) is 11.3 Å². The molecule has 2 aliphatic rings. The van der Waals surface area contributed by atoms with Crippen LogP contribution >= 0.6 is 11.5 Å². The molecule has 2 unspecified atom stereocenters. The maximum Gasteiger partial charge on any atom is 0.275 e. The second-order valence-corrected chi connectivity index (χ2v) is 7.01. The van der Waals surface area contributed by atoms with E-state index in [1.165, 1.54) is 0 Å². The Hall–Kier alpha value is -2.32. The van der Waals surface area contributed by atoms with E-state index >= 15 is 0 Å². The van der Waals surface area contributed by atoms with Crippen molar-refractivity contribution in [1.29, 1.82) is 0 Å². The highest BCUT2D eigenvalue weighted by Crippen LogP contribution is 2.41. The van der Waals surface area contributed by atoms with Crippen molar-refractivity contribution in [2.24, 2.45) is 0 Å². The molecule has 0 aliphatic carbocycles. The van der Waals surface area contributed by atoms with Gasteiger partial charge in [-0.25, -0.2) is 0 Å². The predicted octanol–water partition coefficient (Wildman–Crippen LogP) is 1.01. The molecule has 25 heavy (non-hydrogen) atoms. The number of morpholine rings is 1. The van der Waals surface area contributed by atoms with Crippen LogP contribution in [0.3, 0.4) is 0 Å². The van der Waals surface area contributed by atoms with Crippen LogP contribution in [0.2, 0.25) is 0 Å². The van der Waals surface area contributed by atoms with Crippen LogP contribution in [0, 0.1) is 0 Å². The van der Waals surface area contributed by atoms with Gasteiger partial charge in [-0.15, -0.1) is 5.10 Å². The third-order valence-electron chi connectivity index (χ3n) is 4.94. The summed E-state index contributed by atoms with van der Waals surface area (Å²) in [6.07, 6.45) is 0. The number of ether oxygens (including phenoxy) is 1. The van der Waals surface area contributed by atoms with Crippen molar-refractivity contribution in [3.63, 3.8) is 0 Å². The average molecular weight is 358 g/mol. The lowest BCUT2D eigenvalue weighted by atomic mass is 9.83. The van der Waals surface area contributed by atoms with Gasteiger partial charge in [0.2, 0.25) is 0 Å². The van der Waals surface area contributed by atoms with Gasteiger partial charge in [0.1, 0.15) is 0 Å². The van der Waals surface area contributed by atoms with Crippen LogP contribution in [0.25, 0.3) is 0 Å². The average Bonchev–Trinajstić information content (AvgIpc) is 3.26. The molecule has 1 aromatic heterocycles. The number of nitrogens with zero attached hydrogens (tertiary/aromatic N) is 4. The van der Waals surface area contributed by atoms with Crippen LogP contribution in [0.15, 0.2) is 35.7 Å². The minimum absolute atomic E-state index is 0.0738. The highest BCUT2D eigenvalue weighted by molar-refractivity contribution is 7.03. The maximum atomic E-state index is 13.0. The first-order valence-electron chi connectivity index (χ1n) is 8.12. The fourth-order valence-electron chi connectivity index (χ4n) is 3.72. The summed E-state index contributed by atoms with van der Waals surface area (Å²) in [5.74, 6) is -0.392. The van der Waals surface area contributed by atoms with Crippen LogP contribution in [-0.2, 0) is 9.53 Å². The number of aromatic nitrogens is 2. The van der Waals surface area contributed by atoms with Gasteiger partial charge >= 0.3 is 0 Å². The monoisotopic (exact) mass is 358 g/mol. The zero-order valence-electron chi connectivity index (χ0n) is 13.8. The number of likely N-dealkylation sites (tertiary alicyclic amines) is 1. The van der Waals surface area contributed by atoms with E-state index in [4.69, 9.17) is 4.74 Å². The third-order valence-corrected chi connectivity index (χ3v) is 5.45. The Morgan fingerprint density at radius 3 is 2.88 bits per heavy atom. The fourth-order valence-corrected chi connectivity index (χ4v) is 4.15. The molecule has 2 saturated heterocycles. The molecule has 4 rings (SSSR count). The maximum absolute atomic E-state index is 13.0. The molecule has 0 radical (unpaired) electrons. The van der Waals surface area contributed by atoms with E-state index in [0.717, 1.165) is 17.1 Å². The van der Waals surface area contributed by atoms with Crippen molar-refractivity contribution in [3.05, 3.63) is 47.0 Å². The van der Waals surface area contributed by atoms with Gasteiger partial charge in [-0.1, -0.05) is 34.8 Å². The SMILES string of the molecule is CN1CC(c2ccccc2)C2(CN(C(=O)c3csnn3)CCO2)C1=O. The van der Waals surface area contributed by atoms with Crippen LogP contribution < -0.4 is 0 Å². The topological polar surface area (TPSA) is 75.6 Å². The molecular formula is C17H18N4O3S. The standard InChI is InChI=1S/C17H18N4O3S/c1-20-9-13(12-5-3-2-4-6-12)17(16(20)23)11-21(7-8-24-17)15(22)14-10-25-19-18-14/h2-6,10,13H,7-9,11H2,1H3. The summed E-state index contributed by atoms with van der Waals surface area (Å²) in [5, 5.41) is 5.49. The second kappa shape index (κ2) is 6.20. The molecular weight excluding hydrogens is 340 g/mol. The van der Waals surface area contributed by atoms with E-state index in [2.05, 4.69) is 9.59 Å². The molecule has 2 fully saturated rings. The number of carbonyl (C=O) groups is 2. The number of hydrogen-bond acceptors (Lipinski definition) is 6. The smallest absolute Gasteiger partial charge is 0.275 e. The summed E-state index contributed by atoms with van der Waals surface area (Å²) in [6, 6.07) is 9.88. The second-order valence-electron chi connectivity index (χ2n) is 6.40. The Morgan fingerprint density at radius 2 is 2.16 bits per heavy atom. The summed E-state index contributed by atoms with van der Waals surface area (Å²) in [5.41, 5.74) is 0.329. The third kappa shape index (κ3) is 2.61. The van der Waals surface area contributed by atoms with Gasteiger partial charge < -0.3 is 14.5 Å². The summed E-state index contributed by atoms with van der Waals surface area (Å²) >= 11 is 1.14. The van der Waals surface area contributed by atoms with Gasteiger partial charge in [0.25, 0.3) is 11.8 Å². The molecule has 0 N–H and O–H groups in total. The Kier molecular flexibility index (Phi) is 4.01. The summed E-state index contributed by atoms with van der Waals surface area (Å²) in [7, 11) is 1.78. The van der Waals surface area contributed by atoms with E-state index in [-0.39, 0.29) is 24.3 Å². The number of amides is 2. The van der Waals surface area contributed by atoms with E-state index < -0.39 is 5.60 Å². The highest BCUT2D eigenvalue weighted by atomic mass is 32.1. The molecule has 0 saturated carbocycles. The fraction of sp³-hybridized carbons (Fsp3) is 0.412. The lowest BCUT2D eigenvalue weighted by Crippen LogP contribution is -2.59. The van der Waals surface area contributed by atoms with Crippen molar-refractivity contribution in [2.75, 3.05) is 33.3 Å². The minimum atomic E-state index is -1.03. The Bertz CT molecular complexity index is 782. The Labute approximate surface area is 149 Å². The molecule has 2 aliphatic heterocycles. The number of carbonyl (C=O) groups excluding carboxylic acids is 2. The van der Waals surface area contributed by atoms with Crippen LogP contribution in [0.5, 0.6) is 0 Å². The van der Waals surface area contributed by atoms with Gasteiger partial charge in [-0.05, 0) is 17.1 Å². The van der Waals surface area contributed by atoms with Crippen LogP contribution in [-0.4, -0.2) is 70.1 Å². The lowest BCUT2D eigenvalue weighted by Gasteiger charge is -2.41. The van der Waals surface area contributed by atoms with E-state index in [0.29, 0.717) is 25.4 Å². The molecule has 0 bridgehead atoms. The van der Waals surface area contributed by atoms with Gasteiger partial charge in [-0.2, -0.15) is 0 Å². The number of benzene rings is 1. The minimum Gasteiger partial charge on any atom is -0.361 e. The van der Waals surface area contributed by atoms with Crippen LogP contribution in [0.4, 0.5) is 0 Å². The largest absolute Gasteiger partial charge is 0.361 e. The molecule has 1 spiro atoms. The van der Waals surface area contributed by atoms with Gasteiger partial charge in [0.05, 0.1) is 13.2 Å². The molecule has 1 aromatic carbocycles. The molecule has 8 heteroatoms. The summed E-state index contributed by atoms with van der Waals surface area (Å²) in [6.45, 7) is 1.57. The Balaban J connectivity index is 1.68. The molecule has 3 heterocycles. The quantitative estimate of drug-likeness (QED) is 0.801. The highest BCUT2D eigenvalue weighted by Gasteiger charge is 2.57. The normalized spacial score (nSPS) is 26.4. The number of hydrogen-bond donors (Lipinski definition) is 0. The summed E-state index contributed by atoms with van der Waals surface area (Å²) < 4.78 is 9.81. The Morgan fingerprint density at radius 1 is 1.36 bits per heavy atom. The number of rotatable bonds is 2. The van der Waals surface area contributed by atoms with Gasteiger partial charge in [0, 0.05) is 31.4 Å². The van der Waals surface area contributed by atoms with Crippen molar-refractivity contribution < 1.29 is 14.3 Å². The first-order chi connectivity index (χ1) is 12.1. The zero-order valence-corrected chi connectivity index (χ0v) is 14.6. The van der Waals surface area contributed by atoms with Crippen molar-refractivity contribution in [2.45, 2.75) is 11.5 Å². The lowest BCUT2D eigenvalue weighted by molar-refractivity contribution is -0.159. The predicted molar refractivity (Wildman–Crippen MR) is 91.3 cm³/mol. The van der Waals surface area contributed by atoms with E-state index in [9.17, 15) is 9.59 Å². The molecule has 2 atom stereocenters. The first kappa shape index (κ1) is 16.2. The van der Waals surface area contributed by atoms with Gasteiger partial charge in [-0.3, -0.25) is 9.59 Å². The van der Waals surface area contributed by atoms with E-state index in [1.54, 1.807) is 22.2 Å². The van der Waals surface area contributed by atoms with Crippen molar-refractivity contribution in [1.82, 2.24) is 19.4 Å². The van der Waals surface area contributed by atoms with E-state index in [1.807, 2.05) is 30.3 Å².